The van der Waals surface area contributed by atoms with E-state index in [9.17, 15) is 14.4 Å². The molecule has 4 rings (SSSR count). The van der Waals surface area contributed by atoms with E-state index in [1.54, 1.807) is 27.9 Å². The molecule has 2 aliphatic rings. The second kappa shape index (κ2) is 6.61. The number of anilines is 2. The van der Waals surface area contributed by atoms with E-state index in [-0.39, 0.29) is 22.9 Å². The van der Waals surface area contributed by atoms with Crippen LogP contribution in [0.4, 0.5) is 16.2 Å². The van der Waals surface area contributed by atoms with Gasteiger partial charge in [-0.25, -0.2) is 14.7 Å². The Morgan fingerprint density at radius 3 is 2.81 bits per heavy atom. The highest BCUT2D eigenvalue weighted by Crippen LogP contribution is 2.41. The molecule has 0 bridgehead atoms. The van der Waals surface area contributed by atoms with Crippen molar-refractivity contribution < 1.29 is 14.4 Å². The number of nitrogens with one attached hydrogen (secondary N) is 1. The summed E-state index contributed by atoms with van der Waals surface area (Å²) in [5, 5.41) is 4.57. The van der Waals surface area contributed by atoms with Crippen LogP contribution in [-0.2, 0) is 4.79 Å². The Bertz CT molecular complexity index is 933. The molecule has 9 heteroatoms. The summed E-state index contributed by atoms with van der Waals surface area (Å²) >= 11 is 7.69. The molecule has 2 aromatic rings. The fourth-order valence-corrected chi connectivity index (χ4v) is 4.39. The van der Waals surface area contributed by atoms with Crippen molar-refractivity contribution in [2.45, 2.75) is 31.7 Å². The number of nitrogens with zero attached hydrogens (tertiary/aromatic N) is 3. The Labute approximate surface area is 164 Å². The third kappa shape index (κ3) is 2.89. The van der Waals surface area contributed by atoms with Crippen LogP contribution in [0.2, 0.25) is 5.02 Å². The monoisotopic (exact) mass is 404 g/mol. The van der Waals surface area contributed by atoms with Gasteiger partial charge in [0.15, 0.2) is 0 Å². The molecule has 7 nitrogen and oxygen atoms in total. The summed E-state index contributed by atoms with van der Waals surface area (Å²) in [5.41, 5.74) is 1.87. The van der Waals surface area contributed by atoms with Gasteiger partial charge in [-0.05, 0) is 44.4 Å². The molecule has 27 heavy (non-hydrogen) atoms. The Balaban J connectivity index is 1.60. The highest BCUT2D eigenvalue weighted by Gasteiger charge is 2.55. The molecular formula is C18H17ClN4O3S. The van der Waals surface area contributed by atoms with Crippen molar-refractivity contribution >= 4 is 52.2 Å². The molecule has 1 aromatic heterocycles. The highest BCUT2D eigenvalue weighted by atomic mass is 35.5. The molecule has 0 radical (unpaired) electrons. The van der Waals surface area contributed by atoms with Gasteiger partial charge in [0.2, 0.25) is 0 Å². The summed E-state index contributed by atoms with van der Waals surface area (Å²) in [6.45, 7) is 2.37. The first kappa shape index (κ1) is 17.9. The van der Waals surface area contributed by atoms with Gasteiger partial charge in [0.1, 0.15) is 11.2 Å². The molecule has 1 N–H and O–H groups in total. The number of benzene rings is 1. The van der Waals surface area contributed by atoms with Crippen molar-refractivity contribution in [2.24, 2.45) is 0 Å². The van der Waals surface area contributed by atoms with Crippen LogP contribution < -0.4 is 10.2 Å². The number of hydrogen-bond donors (Lipinski definition) is 1. The number of amides is 4. The number of aromatic nitrogens is 1. The topological polar surface area (TPSA) is 82.6 Å². The van der Waals surface area contributed by atoms with Gasteiger partial charge in [0, 0.05) is 17.6 Å². The molecule has 4 amide bonds. The predicted octanol–water partition coefficient (Wildman–Crippen LogP) is 3.76. The quantitative estimate of drug-likeness (QED) is 0.789. The van der Waals surface area contributed by atoms with Crippen molar-refractivity contribution in [3.8, 4) is 0 Å². The fourth-order valence-electron chi connectivity index (χ4n) is 3.60. The lowest BCUT2D eigenvalue weighted by Gasteiger charge is -2.35. The smallest absolute Gasteiger partial charge is 0.321 e. The van der Waals surface area contributed by atoms with Crippen LogP contribution in [0.5, 0.6) is 0 Å². The second-order valence-corrected chi connectivity index (χ2v) is 7.93. The van der Waals surface area contributed by atoms with Gasteiger partial charge in [-0.2, -0.15) is 0 Å². The predicted molar refractivity (Wildman–Crippen MR) is 103 cm³/mol. The summed E-state index contributed by atoms with van der Waals surface area (Å²) in [5.74, 6) is -0.605. The van der Waals surface area contributed by atoms with Crippen LogP contribution in [0.1, 0.15) is 36.7 Å². The lowest BCUT2D eigenvalue weighted by Crippen LogP contribution is -2.49. The van der Waals surface area contributed by atoms with Gasteiger partial charge in [-0.15, -0.1) is 11.3 Å². The summed E-state index contributed by atoms with van der Waals surface area (Å²) in [6, 6.07) is 4.38. The minimum absolute atomic E-state index is 0.219. The molecule has 140 valence electrons. The van der Waals surface area contributed by atoms with Crippen LogP contribution in [0, 0.1) is 0 Å². The highest BCUT2D eigenvalue weighted by molar-refractivity contribution is 7.07. The van der Waals surface area contributed by atoms with Crippen molar-refractivity contribution in [1.29, 1.82) is 0 Å². The van der Waals surface area contributed by atoms with Crippen molar-refractivity contribution in [1.82, 2.24) is 9.88 Å². The molecule has 2 aliphatic heterocycles. The molecule has 1 atom stereocenters. The Hall–Kier alpha value is -2.45. The zero-order valence-electron chi connectivity index (χ0n) is 14.6. The molecule has 0 saturated carbocycles. The standard InChI is InChI=1S/C18H17ClN4O3S/c1-18-6-2-3-7-22(18)17(26)23(16(18)25)14-5-4-11(8-12(14)19)21-15(24)13-9-27-10-20-13/h4-5,8-10H,2-3,6-7H2,1H3,(H,21,24). The number of imide groups is 1. The van der Waals surface area contributed by atoms with Crippen LogP contribution in [0.3, 0.4) is 0 Å². The fraction of sp³-hybridized carbons (Fsp3) is 0.333. The van der Waals surface area contributed by atoms with E-state index in [4.69, 9.17) is 11.6 Å². The maximum absolute atomic E-state index is 13.0. The number of carbonyl (C=O) groups is 3. The van der Waals surface area contributed by atoms with E-state index in [1.807, 2.05) is 6.92 Å². The van der Waals surface area contributed by atoms with Gasteiger partial charge in [0.25, 0.3) is 11.8 Å². The Morgan fingerprint density at radius 1 is 1.33 bits per heavy atom. The van der Waals surface area contributed by atoms with Crippen LogP contribution in [-0.4, -0.2) is 39.8 Å². The number of fused-ring (bicyclic) bond motifs is 1. The molecule has 3 heterocycles. The van der Waals surface area contributed by atoms with E-state index in [0.29, 0.717) is 30.0 Å². The van der Waals surface area contributed by atoms with Crippen LogP contribution >= 0.6 is 22.9 Å². The number of rotatable bonds is 3. The van der Waals surface area contributed by atoms with Gasteiger partial charge < -0.3 is 10.2 Å². The van der Waals surface area contributed by atoms with Crippen molar-refractivity contribution in [2.75, 3.05) is 16.8 Å². The van der Waals surface area contributed by atoms with Crippen molar-refractivity contribution in [3.05, 3.63) is 39.8 Å². The normalized spacial score (nSPS) is 22.1. The van der Waals surface area contributed by atoms with Crippen LogP contribution in [0.25, 0.3) is 0 Å². The molecule has 1 unspecified atom stereocenters. The molecule has 0 spiro atoms. The summed E-state index contributed by atoms with van der Waals surface area (Å²) in [4.78, 5) is 44.6. The average Bonchev–Trinajstić information content (AvgIpc) is 3.24. The molecule has 2 saturated heterocycles. The first-order valence-corrected chi connectivity index (χ1v) is 9.89. The lowest BCUT2D eigenvalue weighted by atomic mass is 9.89. The summed E-state index contributed by atoms with van der Waals surface area (Å²) in [7, 11) is 0. The van der Waals surface area contributed by atoms with Gasteiger partial charge in [-0.3, -0.25) is 9.59 Å². The second-order valence-electron chi connectivity index (χ2n) is 6.80. The zero-order chi connectivity index (χ0) is 19.2. The minimum atomic E-state index is -0.809. The third-order valence-electron chi connectivity index (χ3n) is 5.09. The summed E-state index contributed by atoms with van der Waals surface area (Å²) in [6.07, 6.45) is 2.44. The maximum atomic E-state index is 13.0. The minimum Gasteiger partial charge on any atom is -0.321 e. The van der Waals surface area contributed by atoms with E-state index >= 15 is 0 Å². The summed E-state index contributed by atoms with van der Waals surface area (Å²) < 4.78 is 0. The first-order chi connectivity index (χ1) is 12.9. The maximum Gasteiger partial charge on any atom is 0.332 e. The SMILES string of the molecule is CC12CCCCN1C(=O)N(c1ccc(NC(=O)c3cscn3)cc1Cl)C2=O. The lowest BCUT2D eigenvalue weighted by molar-refractivity contribution is -0.125. The molecule has 1 aromatic carbocycles. The number of piperidine rings is 1. The molecule has 0 aliphatic carbocycles. The van der Waals surface area contributed by atoms with E-state index in [0.717, 1.165) is 17.7 Å². The van der Waals surface area contributed by atoms with Gasteiger partial charge in [-0.1, -0.05) is 11.6 Å². The number of carbonyl (C=O) groups excluding carboxylic acids is 3. The average molecular weight is 405 g/mol. The third-order valence-corrected chi connectivity index (χ3v) is 5.98. The molecular weight excluding hydrogens is 388 g/mol. The van der Waals surface area contributed by atoms with Gasteiger partial charge >= 0.3 is 6.03 Å². The Morgan fingerprint density at radius 2 is 2.15 bits per heavy atom. The number of hydrogen-bond acceptors (Lipinski definition) is 5. The molecule has 2 fully saturated rings. The Kier molecular flexibility index (Phi) is 4.39. The van der Waals surface area contributed by atoms with E-state index in [2.05, 4.69) is 10.3 Å². The zero-order valence-corrected chi connectivity index (χ0v) is 16.1. The largest absolute Gasteiger partial charge is 0.332 e. The number of urea groups is 1. The van der Waals surface area contributed by atoms with Gasteiger partial charge in [0.05, 0.1) is 16.2 Å². The first-order valence-electron chi connectivity index (χ1n) is 8.57. The van der Waals surface area contributed by atoms with Crippen LogP contribution in [0.15, 0.2) is 29.1 Å². The number of halogens is 1. The van der Waals surface area contributed by atoms with E-state index < -0.39 is 5.54 Å². The number of thiazole rings is 1. The van der Waals surface area contributed by atoms with Crippen molar-refractivity contribution in [3.63, 3.8) is 0 Å². The van der Waals surface area contributed by atoms with E-state index in [1.165, 1.54) is 17.4 Å².